The monoisotopic (exact) mass is 280 g/mol. The van der Waals surface area contributed by atoms with E-state index in [0.29, 0.717) is 15.3 Å². The van der Waals surface area contributed by atoms with Gasteiger partial charge in [-0.25, -0.2) is 4.73 Å². The lowest BCUT2D eigenvalue weighted by Gasteiger charge is -2.10. The highest BCUT2D eigenvalue weighted by Crippen LogP contribution is 2.15. The first-order chi connectivity index (χ1) is 9.52. The first kappa shape index (κ1) is 13.6. The normalized spacial score (nSPS) is 10.4. The summed E-state index contributed by atoms with van der Waals surface area (Å²) in [5.74, 6) is -0.862. The zero-order valence-electron chi connectivity index (χ0n) is 10.6. The summed E-state index contributed by atoms with van der Waals surface area (Å²) in [7, 11) is 1.44. The van der Waals surface area contributed by atoms with Crippen LogP contribution in [0.3, 0.4) is 0 Å². The average Bonchev–Trinajstić information content (AvgIpc) is 2.43. The molecule has 1 aromatic heterocycles. The SMILES string of the molecule is COc1ccc2c(c1)[n+]([O-])c(NCCC(=O)O)n[n+]2[O-]. The molecule has 0 spiro atoms. The van der Waals surface area contributed by atoms with Crippen LogP contribution in [0.25, 0.3) is 11.0 Å². The molecule has 106 valence electrons. The molecule has 2 N–H and O–H groups in total. The topological polar surface area (TPSA) is 125 Å². The number of rotatable bonds is 5. The van der Waals surface area contributed by atoms with E-state index in [9.17, 15) is 15.2 Å². The van der Waals surface area contributed by atoms with E-state index < -0.39 is 5.97 Å². The van der Waals surface area contributed by atoms with Crippen LogP contribution in [-0.4, -0.2) is 29.8 Å². The fourth-order valence-electron chi connectivity index (χ4n) is 1.64. The molecule has 0 amide bonds. The Morgan fingerprint density at radius 3 is 2.85 bits per heavy atom. The Morgan fingerprint density at radius 1 is 1.45 bits per heavy atom. The van der Waals surface area contributed by atoms with Gasteiger partial charge in [0.1, 0.15) is 5.75 Å². The van der Waals surface area contributed by atoms with Crippen molar-refractivity contribution >= 4 is 23.0 Å². The van der Waals surface area contributed by atoms with Gasteiger partial charge in [0.2, 0.25) is 5.10 Å². The summed E-state index contributed by atoms with van der Waals surface area (Å²) in [6, 6.07) is 4.36. The summed E-state index contributed by atoms with van der Waals surface area (Å²) < 4.78 is 5.41. The Morgan fingerprint density at radius 2 is 2.20 bits per heavy atom. The van der Waals surface area contributed by atoms with Crippen LogP contribution in [0.5, 0.6) is 5.75 Å². The number of aliphatic carboxylic acids is 1. The molecule has 1 aromatic carbocycles. The van der Waals surface area contributed by atoms with Crippen LogP contribution in [0.15, 0.2) is 18.2 Å². The Hall–Kier alpha value is -2.84. The van der Waals surface area contributed by atoms with Gasteiger partial charge in [-0.15, -0.1) is 0 Å². The zero-order chi connectivity index (χ0) is 14.7. The molecule has 9 heteroatoms. The number of ether oxygens (including phenoxy) is 1. The lowest BCUT2D eigenvalue weighted by Crippen LogP contribution is -2.44. The van der Waals surface area contributed by atoms with E-state index in [1.165, 1.54) is 25.3 Å². The van der Waals surface area contributed by atoms with Crippen molar-refractivity contribution in [3.8, 4) is 5.75 Å². The number of carboxylic acids is 1. The molecule has 0 atom stereocenters. The van der Waals surface area contributed by atoms with E-state index in [1.54, 1.807) is 0 Å². The van der Waals surface area contributed by atoms with Gasteiger partial charge in [-0.2, -0.15) is 0 Å². The maximum atomic E-state index is 12.1. The smallest absolute Gasteiger partial charge is 0.460 e. The first-order valence-electron chi connectivity index (χ1n) is 5.69. The van der Waals surface area contributed by atoms with Crippen molar-refractivity contribution in [1.82, 2.24) is 5.10 Å². The minimum atomic E-state index is -1.02. The van der Waals surface area contributed by atoms with Gasteiger partial charge in [0.05, 0.1) is 20.1 Å². The summed E-state index contributed by atoms with van der Waals surface area (Å²) in [5.41, 5.74) is 0.164. The van der Waals surface area contributed by atoms with Crippen molar-refractivity contribution in [2.75, 3.05) is 19.0 Å². The second kappa shape index (κ2) is 5.43. The van der Waals surface area contributed by atoms with Gasteiger partial charge in [-0.1, -0.05) is 0 Å². The Kier molecular flexibility index (Phi) is 3.69. The van der Waals surface area contributed by atoms with Gasteiger partial charge in [0.15, 0.2) is 5.52 Å². The van der Waals surface area contributed by atoms with Gasteiger partial charge in [0.25, 0.3) is 5.52 Å². The van der Waals surface area contributed by atoms with E-state index in [-0.39, 0.29) is 29.9 Å². The van der Waals surface area contributed by atoms with Crippen LogP contribution in [0.1, 0.15) is 6.42 Å². The third-order valence-electron chi connectivity index (χ3n) is 2.61. The van der Waals surface area contributed by atoms with Gasteiger partial charge in [0, 0.05) is 17.0 Å². The van der Waals surface area contributed by atoms with E-state index in [1.807, 2.05) is 0 Å². The average molecular weight is 280 g/mol. The predicted molar refractivity (Wildman–Crippen MR) is 67.0 cm³/mol. The third kappa shape index (κ3) is 2.60. The van der Waals surface area contributed by atoms with Crippen LogP contribution in [-0.2, 0) is 4.79 Å². The highest BCUT2D eigenvalue weighted by Gasteiger charge is 2.20. The number of carbonyl (C=O) groups is 1. The number of nitrogens with one attached hydrogen (secondary N) is 1. The van der Waals surface area contributed by atoms with Crippen molar-refractivity contribution in [3.05, 3.63) is 28.6 Å². The van der Waals surface area contributed by atoms with Crippen LogP contribution in [0.2, 0.25) is 0 Å². The van der Waals surface area contributed by atoms with E-state index in [4.69, 9.17) is 9.84 Å². The lowest BCUT2D eigenvalue weighted by molar-refractivity contribution is -0.672. The second-order valence-corrected chi connectivity index (χ2v) is 3.92. The van der Waals surface area contributed by atoms with E-state index in [0.717, 1.165) is 0 Å². The molecule has 9 nitrogen and oxygen atoms in total. The molecule has 20 heavy (non-hydrogen) atoms. The molecular formula is C11H12N4O5. The Bertz CT molecular complexity index is 661. The standard InChI is InChI=1S/C11H12N4O5/c1-20-7-2-3-8-9(6-7)14(18)11(13-15(8)19)12-5-4-10(16)17/h2-3,6H,4-5H2,1H3,(H,12,13)(H,16,17). The number of hydrogen-bond donors (Lipinski definition) is 2. The molecule has 0 unspecified atom stereocenters. The zero-order valence-corrected chi connectivity index (χ0v) is 10.6. The molecule has 0 fully saturated rings. The molecule has 0 saturated carbocycles. The number of carboxylic acid groups (broad SMARTS) is 1. The number of benzene rings is 1. The number of aromatic nitrogens is 3. The summed E-state index contributed by atoms with van der Waals surface area (Å²) in [4.78, 5) is 10.7. The van der Waals surface area contributed by atoms with Gasteiger partial charge >= 0.3 is 11.9 Å². The number of anilines is 1. The number of nitrogens with zero attached hydrogens (tertiary/aromatic N) is 3. The van der Waals surface area contributed by atoms with Gasteiger partial charge < -0.3 is 20.3 Å². The largest absolute Gasteiger partial charge is 0.739 e. The number of fused-ring (bicyclic) bond motifs is 1. The third-order valence-corrected chi connectivity index (χ3v) is 2.61. The molecule has 0 aliphatic heterocycles. The minimum Gasteiger partial charge on any atom is -0.739 e. The molecule has 2 aromatic rings. The lowest BCUT2D eigenvalue weighted by atomic mass is 10.3. The van der Waals surface area contributed by atoms with Crippen LogP contribution >= 0.6 is 0 Å². The molecule has 0 saturated heterocycles. The minimum absolute atomic E-state index is 0.0138. The summed E-state index contributed by atoms with van der Waals surface area (Å²) in [6.07, 6.45) is -0.198. The van der Waals surface area contributed by atoms with Gasteiger partial charge in [-0.3, -0.25) is 10.1 Å². The summed E-state index contributed by atoms with van der Waals surface area (Å²) in [5, 5.41) is 38.3. The summed E-state index contributed by atoms with van der Waals surface area (Å²) >= 11 is 0. The van der Waals surface area contributed by atoms with Crippen molar-refractivity contribution < 1.29 is 24.2 Å². The van der Waals surface area contributed by atoms with Crippen LogP contribution < -0.4 is 19.6 Å². The van der Waals surface area contributed by atoms with Crippen molar-refractivity contribution in [2.45, 2.75) is 6.42 Å². The molecule has 2 rings (SSSR count). The fourth-order valence-corrected chi connectivity index (χ4v) is 1.64. The molecule has 0 bridgehead atoms. The Balaban J connectivity index is 2.41. The first-order valence-corrected chi connectivity index (χ1v) is 5.69. The molecule has 1 heterocycles. The highest BCUT2D eigenvalue weighted by atomic mass is 16.5. The molecular weight excluding hydrogens is 268 g/mol. The van der Waals surface area contributed by atoms with Crippen molar-refractivity contribution in [2.24, 2.45) is 0 Å². The maximum Gasteiger partial charge on any atom is 0.460 e. The highest BCUT2D eigenvalue weighted by molar-refractivity contribution is 5.70. The molecule has 0 aliphatic rings. The molecule has 0 aliphatic carbocycles. The maximum absolute atomic E-state index is 12.1. The predicted octanol–water partition coefficient (Wildman–Crippen LogP) is -0.603. The summed E-state index contributed by atoms with van der Waals surface area (Å²) in [6.45, 7) is -0.0138. The number of methoxy groups -OCH3 is 1. The Labute approximate surface area is 113 Å². The number of hydrogen-bond acceptors (Lipinski definition) is 6. The van der Waals surface area contributed by atoms with Crippen molar-refractivity contribution in [3.63, 3.8) is 0 Å². The van der Waals surface area contributed by atoms with Crippen LogP contribution in [0.4, 0.5) is 5.95 Å². The molecule has 0 radical (unpaired) electrons. The quantitative estimate of drug-likeness (QED) is 0.553. The second-order valence-electron chi connectivity index (χ2n) is 3.92. The van der Waals surface area contributed by atoms with Gasteiger partial charge in [-0.05, 0) is 6.07 Å². The van der Waals surface area contributed by atoms with Crippen LogP contribution in [0, 0.1) is 10.4 Å². The fraction of sp³-hybridized carbons (Fsp3) is 0.273. The van der Waals surface area contributed by atoms with E-state index >= 15 is 0 Å². The van der Waals surface area contributed by atoms with Crippen molar-refractivity contribution in [1.29, 1.82) is 0 Å². The van der Waals surface area contributed by atoms with E-state index in [2.05, 4.69) is 10.4 Å².